The van der Waals surface area contributed by atoms with E-state index >= 15 is 0 Å². The van der Waals surface area contributed by atoms with E-state index in [0.29, 0.717) is 0 Å². The normalized spacial score (nSPS) is 16.1. The standard InChI is InChI=1S/2C6H7.C2H4.2ClH.Zr/c2*1-6-4-2-3-5-6;1-2;;;/h2*2,4H,3H2,1H3;1-2H2;2*1H;. The summed E-state index contributed by atoms with van der Waals surface area (Å²) in [6.45, 7) is 10.5. The van der Waals surface area contributed by atoms with Gasteiger partial charge in [-0.2, -0.15) is 0 Å². The maximum atomic E-state index is 3.00. The molecule has 3 heteroatoms. The van der Waals surface area contributed by atoms with E-state index in [1.165, 1.54) is 12.8 Å². The van der Waals surface area contributed by atoms with Crippen molar-refractivity contribution in [1.29, 1.82) is 0 Å². The van der Waals surface area contributed by atoms with E-state index in [4.69, 9.17) is 0 Å². The van der Waals surface area contributed by atoms with Crippen molar-refractivity contribution in [2.45, 2.75) is 26.7 Å². The fraction of sp³-hybridized carbons (Fsp3) is 0.286. The summed E-state index contributed by atoms with van der Waals surface area (Å²) in [7, 11) is 0. The van der Waals surface area contributed by atoms with Gasteiger partial charge in [0.25, 0.3) is 0 Å². The molecule has 0 aromatic heterocycles. The third-order valence-corrected chi connectivity index (χ3v) is 7.06. The molecule has 0 radical (unpaired) electrons. The van der Waals surface area contributed by atoms with Crippen molar-refractivity contribution in [1.82, 2.24) is 0 Å². The number of hydrogen-bond acceptors (Lipinski definition) is 0. The van der Waals surface area contributed by atoms with Gasteiger partial charge in [0.15, 0.2) is 0 Å². The zero-order valence-electron chi connectivity index (χ0n) is 10.5. The summed E-state index contributed by atoms with van der Waals surface area (Å²) in [5, 5.41) is 0. The molecule has 2 aliphatic rings. The van der Waals surface area contributed by atoms with Gasteiger partial charge in [-0.1, -0.05) is 0 Å². The topological polar surface area (TPSA) is 0 Å². The van der Waals surface area contributed by atoms with E-state index < -0.39 is 0 Å². The first-order chi connectivity index (χ1) is 7.27. The second-order valence-electron chi connectivity index (χ2n) is 3.66. The Hall–Kier alpha value is 0.163. The third-order valence-electron chi connectivity index (χ3n) is 2.63. The Morgan fingerprint density at radius 1 is 0.882 bits per heavy atom. The molecule has 0 amide bonds. The monoisotopic (exact) mass is 348 g/mol. The van der Waals surface area contributed by atoms with Crippen LogP contribution >= 0.6 is 24.8 Å². The minimum Gasteiger partial charge on any atom is -0.147 e. The molecule has 0 nitrogen and oxygen atoms in total. The van der Waals surface area contributed by atoms with Crippen LogP contribution in [0.25, 0.3) is 0 Å². The van der Waals surface area contributed by atoms with Gasteiger partial charge in [-0.15, -0.1) is 38.0 Å². The average molecular weight is 350 g/mol. The minimum absolute atomic E-state index is 0. The number of allylic oxidation sites excluding steroid dienone is 8. The molecule has 0 saturated heterocycles. The second kappa shape index (κ2) is 10.1. The molecule has 0 aliphatic heterocycles. The Kier molecular flexibility index (Phi) is 11.6. The van der Waals surface area contributed by atoms with Crippen LogP contribution < -0.4 is 0 Å². The molecule has 0 N–H and O–H groups in total. The van der Waals surface area contributed by atoms with Crippen LogP contribution in [0.3, 0.4) is 0 Å². The zero-order valence-corrected chi connectivity index (χ0v) is 14.5. The van der Waals surface area contributed by atoms with E-state index in [1.807, 2.05) is 0 Å². The van der Waals surface area contributed by atoms with Crippen LogP contribution in [0.2, 0.25) is 0 Å². The summed E-state index contributed by atoms with van der Waals surface area (Å²) in [4.78, 5) is 0. The molecule has 0 saturated carbocycles. The summed E-state index contributed by atoms with van der Waals surface area (Å²) in [5.41, 5.74) is 3.11. The molecule has 0 aromatic rings. The molecule has 94 valence electrons. The first-order valence-electron chi connectivity index (χ1n) is 5.27. The molecule has 17 heavy (non-hydrogen) atoms. The first-order valence-corrected chi connectivity index (χ1v) is 7.73. The second-order valence-corrected chi connectivity index (χ2v) is 7.24. The van der Waals surface area contributed by atoms with E-state index in [-0.39, 0.29) is 48.0 Å². The smallest absolute Gasteiger partial charge is 0.147 e. The fourth-order valence-electron chi connectivity index (χ4n) is 1.71. The van der Waals surface area contributed by atoms with Gasteiger partial charge in [0, 0.05) is 0 Å². The van der Waals surface area contributed by atoms with Gasteiger partial charge in [0.1, 0.15) is 0 Å². The van der Waals surface area contributed by atoms with Gasteiger partial charge in [0.05, 0.1) is 0 Å². The largest absolute Gasteiger partial charge is 0.147 e. The van der Waals surface area contributed by atoms with E-state index in [2.05, 4.69) is 51.3 Å². The summed E-state index contributed by atoms with van der Waals surface area (Å²) in [6, 6.07) is 0. The van der Waals surface area contributed by atoms with Crippen molar-refractivity contribution in [2.75, 3.05) is 0 Å². The van der Waals surface area contributed by atoms with Crippen LogP contribution in [0.4, 0.5) is 0 Å². The van der Waals surface area contributed by atoms with Gasteiger partial charge in [-0.25, -0.2) is 0 Å². The summed E-state index contributed by atoms with van der Waals surface area (Å²) < 4.78 is 3.56. The molecular weight excluding hydrogens is 330 g/mol. The molecule has 0 atom stereocenters. The average Bonchev–Trinajstić information content (AvgIpc) is 2.82. The summed E-state index contributed by atoms with van der Waals surface area (Å²) in [6.07, 6.45) is 11.7. The van der Waals surface area contributed by atoms with Crippen LogP contribution in [0.5, 0.6) is 0 Å². The molecular formula is C14H20Cl2Zr. The molecule has 0 unspecified atom stereocenters. The fourth-order valence-corrected chi connectivity index (χ4v) is 5.07. The molecule has 0 aromatic carbocycles. The molecule has 2 rings (SSSR count). The molecule has 0 heterocycles. The van der Waals surface area contributed by atoms with Gasteiger partial charge in [-0.3, -0.25) is 0 Å². The zero-order chi connectivity index (χ0) is 11.3. The van der Waals surface area contributed by atoms with Crippen LogP contribution in [0, 0.1) is 0 Å². The number of hydrogen-bond donors (Lipinski definition) is 0. The van der Waals surface area contributed by atoms with Crippen LogP contribution in [0.1, 0.15) is 26.7 Å². The van der Waals surface area contributed by atoms with Crippen LogP contribution in [-0.2, 0) is 23.2 Å². The van der Waals surface area contributed by atoms with Crippen LogP contribution in [0.15, 0.2) is 55.2 Å². The number of rotatable bonds is 2. The van der Waals surface area contributed by atoms with Crippen molar-refractivity contribution in [2.24, 2.45) is 0 Å². The van der Waals surface area contributed by atoms with Crippen molar-refractivity contribution >= 4 is 24.8 Å². The van der Waals surface area contributed by atoms with Crippen LogP contribution in [-0.4, -0.2) is 0 Å². The number of halogens is 2. The third kappa shape index (κ3) is 5.55. The van der Waals surface area contributed by atoms with E-state index in [1.54, 1.807) is 17.7 Å². The minimum atomic E-state index is -0.385. The summed E-state index contributed by atoms with van der Waals surface area (Å²) in [5.74, 6) is 0. The van der Waals surface area contributed by atoms with Gasteiger partial charge >= 0.3 is 91.9 Å². The molecule has 2 aliphatic carbocycles. The Balaban J connectivity index is 0. The Morgan fingerprint density at radius 2 is 1.24 bits per heavy atom. The maximum Gasteiger partial charge on any atom is -0.147 e. The predicted molar refractivity (Wildman–Crippen MR) is 78.7 cm³/mol. The first kappa shape index (κ1) is 19.5. The van der Waals surface area contributed by atoms with Gasteiger partial charge < -0.3 is 0 Å². The Labute approximate surface area is 129 Å². The molecule has 0 fully saturated rings. The van der Waals surface area contributed by atoms with E-state index in [0.717, 1.165) is 0 Å². The Morgan fingerprint density at radius 3 is 1.47 bits per heavy atom. The maximum absolute atomic E-state index is 3.00. The predicted octanol–water partition coefficient (Wildman–Crippen LogP) is 5.18. The van der Waals surface area contributed by atoms with Gasteiger partial charge in [0.2, 0.25) is 0 Å². The van der Waals surface area contributed by atoms with Gasteiger partial charge in [-0.05, 0) is 0 Å². The SMILES string of the molecule is C=C.CC1=[C]([Zr][C]2=C(C)C=CC2)CC=C1.Cl.Cl. The summed E-state index contributed by atoms with van der Waals surface area (Å²) >= 11 is -0.385. The van der Waals surface area contributed by atoms with Crippen molar-refractivity contribution in [3.8, 4) is 0 Å². The molecule has 0 spiro atoms. The quantitative estimate of drug-likeness (QED) is 0.602. The molecule has 0 bridgehead atoms. The Bertz CT molecular complexity index is 328. The van der Waals surface area contributed by atoms with Crippen molar-refractivity contribution in [3.05, 3.63) is 55.2 Å². The van der Waals surface area contributed by atoms with Crippen molar-refractivity contribution < 1.29 is 23.2 Å². The van der Waals surface area contributed by atoms with E-state index in [9.17, 15) is 0 Å². The van der Waals surface area contributed by atoms with Crippen molar-refractivity contribution in [3.63, 3.8) is 0 Å².